The maximum Gasteiger partial charge on any atom is 0.223 e. The number of hydrogen-bond donors (Lipinski definition) is 1. The Bertz CT molecular complexity index is 583. The molecule has 2 fully saturated rings. The van der Waals surface area contributed by atoms with E-state index in [0.717, 1.165) is 45.9 Å². The summed E-state index contributed by atoms with van der Waals surface area (Å²) in [6.07, 6.45) is 3.04. The van der Waals surface area contributed by atoms with E-state index in [-0.39, 0.29) is 6.04 Å². The van der Waals surface area contributed by atoms with Crippen molar-refractivity contribution in [2.75, 3.05) is 45.9 Å². The third-order valence-electron chi connectivity index (χ3n) is 6.36. The molecule has 5 heteroatoms. The lowest BCUT2D eigenvalue weighted by molar-refractivity contribution is -0.136. The Labute approximate surface area is 170 Å². The first kappa shape index (κ1) is 21.3. The van der Waals surface area contributed by atoms with E-state index < -0.39 is 0 Å². The monoisotopic (exact) mass is 387 g/mol. The molecule has 0 spiro atoms. The van der Waals surface area contributed by atoms with Crippen molar-refractivity contribution in [2.24, 2.45) is 11.8 Å². The van der Waals surface area contributed by atoms with Crippen LogP contribution in [0.4, 0.5) is 0 Å². The maximum absolute atomic E-state index is 13.4. The largest absolute Gasteiger partial charge is 0.379 e. The summed E-state index contributed by atoms with van der Waals surface area (Å²) < 4.78 is 5.48. The van der Waals surface area contributed by atoms with Crippen molar-refractivity contribution in [1.82, 2.24) is 15.1 Å². The molecule has 0 bridgehead atoms. The molecule has 0 aromatic heterocycles. The van der Waals surface area contributed by atoms with Gasteiger partial charge in [0.2, 0.25) is 5.91 Å². The summed E-state index contributed by atoms with van der Waals surface area (Å²) >= 11 is 0. The fraction of sp³-hybridized carbons (Fsp3) is 0.696. The van der Waals surface area contributed by atoms with Gasteiger partial charge in [-0.25, -0.2) is 0 Å². The van der Waals surface area contributed by atoms with Gasteiger partial charge in [0.15, 0.2) is 0 Å². The van der Waals surface area contributed by atoms with Gasteiger partial charge in [0.1, 0.15) is 0 Å². The molecule has 28 heavy (non-hydrogen) atoms. The van der Waals surface area contributed by atoms with E-state index in [1.54, 1.807) is 0 Å². The van der Waals surface area contributed by atoms with Crippen molar-refractivity contribution in [1.29, 1.82) is 0 Å². The first-order chi connectivity index (χ1) is 13.6. The zero-order valence-corrected chi connectivity index (χ0v) is 17.6. The van der Waals surface area contributed by atoms with E-state index in [4.69, 9.17) is 4.74 Å². The van der Waals surface area contributed by atoms with Crippen LogP contribution in [0.1, 0.15) is 38.7 Å². The molecule has 2 saturated heterocycles. The fourth-order valence-corrected chi connectivity index (χ4v) is 4.50. The van der Waals surface area contributed by atoms with Crippen molar-refractivity contribution in [2.45, 2.75) is 45.7 Å². The first-order valence-electron chi connectivity index (χ1n) is 11.0. The molecule has 1 aromatic carbocycles. The third kappa shape index (κ3) is 6.29. The number of benzene rings is 1. The van der Waals surface area contributed by atoms with Crippen molar-refractivity contribution < 1.29 is 9.53 Å². The molecular formula is C23H37N3O2. The molecule has 1 amide bonds. The minimum Gasteiger partial charge on any atom is -0.379 e. The van der Waals surface area contributed by atoms with E-state index >= 15 is 0 Å². The molecule has 156 valence electrons. The third-order valence-corrected chi connectivity index (χ3v) is 6.36. The summed E-state index contributed by atoms with van der Waals surface area (Å²) in [6.45, 7) is 11.8. The number of nitrogens with zero attached hydrogens (tertiary/aromatic N) is 2. The van der Waals surface area contributed by atoms with Gasteiger partial charge in [-0.1, -0.05) is 37.3 Å². The van der Waals surface area contributed by atoms with Crippen LogP contribution in [-0.2, 0) is 16.1 Å². The van der Waals surface area contributed by atoms with Gasteiger partial charge in [0.05, 0.1) is 13.2 Å². The number of piperidine rings is 1. The smallest absolute Gasteiger partial charge is 0.223 e. The average Bonchev–Trinajstić information content (AvgIpc) is 2.74. The minimum absolute atomic E-state index is 0.200. The summed E-state index contributed by atoms with van der Waals surface area (Å²) in [7, 11) is 0. The quantitative estimate of drug-likeness (QED) is 0.745. The van der Waals surface area contributed by atoms with Gasteiger partial charge in [-0.3, -0.25) is 9.69 Å². The second-order valence-corrected chi connectivity index (χ2v) is 8.54. The molecule has 2 heterocycles. The number of carbonyl (C=O) groups is 1. The van der Waals surface area contributed by atoms with Crippen molar-refractivity contribution in [3.8, 4) is 0 Å². The molecule has 0 saturated carbocycles. The maximum atomic E-state index is 13.4. The average molecular weight is 388 g/mol. The van der Waals surface area contributed by atoms with Crippen LogP contribution in [0, 0.1) is 11.8 Å². The lowest BCUT2D eigenvalue weighted by atomic mass is 9.84. The number of nitrogens with one attached hydrogen (secondary N) is 1. The highest BCUT2D eigenvalue weighted by atomic mass is 16.5. The van der Waals surface area contributed by atoms with E-state index in [9.17, 15) is 4.79 Å². The van der Waals surface area contributed by atoms with Gasteiger partial charge in [-0.15, -0.1) is 0 Å². The summed E-state index contributed by atoms with van der Waals surface area (Å²) in [6, 6.07) is 10.6. The van der Waals surface area contributed by atoms with E-state index in [1.165, 1.54) is 18.4 Å². The lowest BCUT2D eigenvalue weighted by Gasteiger charge is -2.36. The highest BCUT2D eigenvalue weighted by molar-refractivity contribution is 5.76. The highest BCUT2D eigenvalue weighted by Crippen LogP contribution is 2.26. The summed E-state index contributed by atoms with van der Waals surface area (Å²) in [4.78, 5) is 17.9. The molecule has 2 atom stereocenters. The number of rotatable bonds is 8. The molecule has 0 radical (unpaired) electrons. The Balaban J connectivity index is 1.64. The topological polar surface area (TPSA) is 44.8 Å². The minimum atomic E-state index is 0.200. The van der Waals surface area contributed by atoms with E-state index in [1.807, 2.05) is 6.07 Å². The molecule has 1 aromatic rings. The van der Waals surface area contributed by atoms with Gasteiger partial charge >= 0.3 is 0 Å². The van der Waals surface area contributed by atoms with E-state index in [0.29, 0.717) is 30.7 Å². The second kappa shape index (κ2) is 10.9. The molecule has 5 nitrogen and oxygen atoms in total. The van der Waals surface area contributed by atoms with Crippen molar-refractivity contribution in [3.05, 3.63) is 35.9 Å². The van der Waals surface area contributed by atoms with Gasteiger partial charge < -0.3 is 15.0 Å². The molecule has 2 aliphatic heterocycles. The summed E-state index contributed by atoms with van der Waals surface area (Å²) in [5, 5.41) is 3.43. The predicted molar refractivity (Wildman–Crippen MR) is 113 cm³/mol. The first-order valence-corrected chi connectivity index (χ1v) is 11.0. The number of amides is 1. The SMILES string of the molecule is CC(CC(=O)N(Cc1ccccc1)C(C)CN1CCOCC1)C1CCNCC1. The van der Waals surface area contributed by atoms with Gasteiger partial charge in [-0.05, 0) is 50.3 Å². The molecule has 0 aliphatic carbocycles. The highest BCUT2D eigenvalue weighted by Gasteiger charge is 2.27. The van der Waals surface area contributed by atoms with Gasteiger partial charge in [0, 0.05) is 38.6 Å². The Morgan fingerprint density at radius 1 is 1.18 bits per heavy atom. The summed E-state index contributed by atoms with van der Waals surface area (Å²) in [5.74, 6) is 1.41. The summed E-state index contributed by atoms with van der Waals surface area (Å²) in [5.41, 5.74) is 1.21. The Morgan fingerprint density at radius 2 is 1.86 bits per heavy atom. The van der Waals surface area contributed by atoms with Gasteiger partial charge in [0.25, 0.3) is 0 Å². The standard InChI is InChI=1S/C23H37N3O2/c1-19(22-8-10-24-11-9-22)16-23(27)26(18-21-6-4-3-5-7-21)20(2)17-25-12-14-28-15-13-25/h3-7,19-20,22,24H,8-18H2,1-2H3. The Hall–Kier alpha value is -1.43. The number of hydrogen-bond acceptors (Lipinski definition) is 4. The van der Waals surface area contributed by atoms with Gasteiger partial charge in [-0.2, -0.15) is 0 Å². The molecule has 1 N–H and O–H groups in total. The molecule has 2 unspecified atom stereocenters. The normalized spacial score (nSPS) is 21.2. The van der Waals surface area contributed by atoms with E-state index in [2.05, 4.69) is 53.2 Å². The molecule has 3 rings (SSSR count). The zero-order valence-electron chi connectivity index (χ0n) is 17.6. The fourth-order valence-electron chi connectivity index (χ4n) is 4.50. The second-order valence-electron chi connectivity index (χ2n) is 8.54. The van der Waals surface area contributed by atoms with Crippen molar-refractivity contribution in [3.63, 3.8) is 0 Å². The Kier molecular flexibility index (Phi) is 8.31. The van der Waals surface area contributed by atoms with Crippen LogP contribution < -0.4 is 5.32 Å². The number of morpholine rings is 1. The van der Waals surface area contributed by atoms with Crippen LogP contribution in [0.5, 0.6) is 0 Å². The molecular weight excluding hydrogens is 350 g/mol. The van der Waals surface area contributed by atoms with Crippen molar-refractivity contribution >= 4 is 5.91 Å². The predicted octanol–water partition coefficient (Wildman–Crippen LogP) is 2.76. The van der Waals surface area contributed by atoms with Crippen LogP contribution in [-0.4, -0.2) is 67.7 Å². The van der Waals surface area contributed by atoms with Crippen LogP contribution in [0.2, 0.25) is 0 Å². The van der Waals surface area contributed by atoms with Crippen LogP contribution in [0.25, 0.3) is 0 Å². The van der Waals surface area contributed by atoms with Crippen LogP contribution in [0.3, 0.4) is 0 Å². The lowest BCUT2D eigenvalue weighted by Crippen LogP contribution is -2.48. The zero-order chi connectivity index (χ0) is 19.8. The van der Waals surface area contributed by atoms with Crippen LogP contribution in [0.15, 0.2) is 30.3 Å². The molecule has 2 aliphatic rings. The number of carbonyl (C=O) groups excluding carboxylic acids is 1. The Morgan fingerprint density at radius 3 is 2.54 bits per heavy atom. The number of ether oxygens (including phenoxy) is 1. The van der Waals surface area contributed by atoms with Crippen LogP contribution >= 0.6 is 0 Å².